The normalized spacial score (nSPS) is 19.5. The number of aromatic nitrogens is 2. The number of sulfonamides is 1. The third-order valence-electron chi connectivity index (χ3n) is 5.40. The molecule has 1 aromatic heterocycles. The van der Waals surface area contributed by atoms with Gasteiger partial charge in [-0.25, -0.2) is 9.59 Å². The summed E-state index contributed by atoms with van der Waals surface area (Å²) >= 11 is 0. The van der Waals surface area contributed by atoms with E-state index in [1.807, 2.05) is 0 Å². The molecule has 0 N–H and O–H groups in total. The maximum Gasteiger partial charge on any atom is 0.330 e. The molecular weight excluding hydrogens is 412 g/mol. The number of fused-ring (bicyclic) bond motifs is 1. The molecule has 2 aliphatic heterocycles. The van der Waals surface area contributed by atoms with Crippen molar-refractivity contribution in [3.63, 3.8) is 0 Å². The molecule has 0 spiro atoms. The Morgan fingerprint density at radius 3 is 2.70 bits per heavy atom. The molecule has 4 rings (SSSR count). The van der Waals surface area contributed by atoms with Gasteiger partial charge in [0.1, 0.15) is 17.5 Å². The number of esters is 1. The summed E-state index contributed by atoms with van der Waals surface area (Å²) in [6, 6.07) is 7.03. The summed E-state index contributed by atoms with van der Waals surface area (Å²) in [4.78, 5) is 38.4. The van der Waals surface area contributed by atoms with Gasteiger partial charge in [-0.05, 0) is 25.0 Å². The number of nitrogens with zero attached hydrogens (tertiary/aromatic N) is 4. The third-order valence-corrected chi connectivity index (χ3v) is 6.72. The zero-order valence-electron chi connectivity index (χ0n) is 16.4. The van der Waals surface area contributed by atoms with Gasteiger partial charge in [0.25, 0.3) is 15.6 Å². The molecule has 2 aromatic rings. The second kappa shape index (κ2) is 7.24. The number of benzene rings is 1. The lowest BCUT2D eigenvalue weighted by atomic mass is 10.1. The number of carbonyl (C=O) groups is 1. The molecule has 11 heteroatoms. The number of rotatable bonds is 3. The van der Waals surface area contributed by atoms with Crippen molar-refractivity contribution in [2.24, 2.45) is 18.5 Å². The van der Waals surface area contributed by atoms with Crippen LogP contribution in [0.25, 0.3) is 0 Å². The lowest BCUT2D eigenvalue weighted by molar-refractivity contribution is -0.149. The summed E-state index contributed by atoms with van der Waals surface area (Å²) in [5.74, 6) is -0.323. The molecule has 1 unspecified atom stereocenters. The monoisotopic (exact) mass is 432 g/mol. The van der Waals surface area contributed by atoms with Crippen LogP contribution in [-0.4, -0.2) is 46.8 Å². The molecule has 0 aliphatic carbocycles. The van der Waals surface area contributed by atoms with E-state index in [9.17, 15) is 22.8 Å². The smallest absolute Gasteiger partial charge is 0.330 e. The van der Waals surface area contributed by atoms with Gasteiger partial charge in [0.15, 0.2) is 5.84 Å². The highest BCUT2D eigenvalue weighted by atomic mass is 32.2. The van der Waals surface area contributed by atoms with Crippen LogP contribution in [0.3, 0.4) is 0 Å². The number of likely N-dealkylation sites (tertiary alicyclic amines) is 1. The summed E-state index contributed by atoms with van der Waals surface area (Å²) in [5, 5.41) is 0. The van der Waals surface area contributed by atoms with Crippen molar-refractivity contribution in [1.29, 1.82) is 0 Å². The molecule has 0 saturated carbocycles. The van der Waals surface area contributed by atoms with Gasteiger partial charge in [0, 0.05) is 32.3 Å². The van der Waals surface area contributed by atoms with E-state index in [1.54, 1.807) is 23.1 Å². The van der Waals surface area contributed by atoms with Gasteiger partial charge in [-0.3, -0.25) is 13.9 Å². The Morgan fingerprint density at radius 1 is 1.20 bits per heavy atom. The molecular formula is C19H20N4O6S. The van der Waals surface area contributed by atoms with Crippen molar-refractivity contribution < 1.29 is 17.9 Å². The first-order chi connectivity index (χ1) is 14.2. The first-order valence-electron chi connectivity index (χ1n) is 9.34. The Hall–Kier alpha value is -3.21. The van der Waals surface area contributed by atoms with Gasteiger partial charge in [0.05, 0.1) is 5.69 Å². The lowest BCUT2D eigenvalue weighted by Crippen LogP contribution is -2.42. The zero-order valence-corrected chi connectivity index (χ0v) is 17.3. The van der Waals surface area contributed by atoms with Gasteiger partial charge >= 0.3 is 11.7 Å². The summed E-state index contributed by atoms with van der Waals surface area (Å²) in [6.07, 6.45) is 1.15. The largest absolute Gasteiger partial charge is 0.458 e. The van der Waals surface area contributed by atoms with Gasteiger partial charge in [-0.1, -0.05) is 12.1 Å². The predicted molar refractivity (Wildman–Crippen MR) is 107 cm³/mol. The minimum absolute atomic E-state index is 0.120. The van der Waals surface area contributed by atoms with Crippen LogP contribution in [0.1, 0.15) is 24.1 Å². The highest BCUT2D eigenvalue weighted by Crippen LogP contribution is 2.31. The highest BCUT2D eigenvalue weighted by Gasteiger charge is 2.39. The van der Waals surface area contributed by atoms with E-state index < -0.39 is 33.3 Å². The fourth-order valence-electron chi connectivity index (χ4n) is 3.72. The number of carbonyl (C=O) groups excluding carboxylic acids is 1. The Kier molecular flexibility index (Phi) is 4.85. The van der Waals surface area contributed by atoms with E-state index in [1.165, 1.54) is 30.8 Å². The van der Waals surface area contributed by atoms with Crippen LogP contribution in [0.4, 0.5) is 0 Å². The van der Waals surface area contributed by atoms with Crippen LogP contribution in [0, 0.1) is 0 Å². The average molecular weight is 432 g/mol. The summed E-state index contributed by atoms with van der Waals surface area (Å²) in [5.41, 5.74) is -0.273. The first kappa shape index (κ1) is 20.1. The standard InChI is InChI=1S/C19H20N4O6S/c1-21-12(10-16(24)22(2)19(21)26)11-29-18(25)14-7-5-9-23(14)17-13-6-3-4-8-15(13)30(27,28)20-17/h3-4,6,8,10,14H,5,7,9,11H2,1-2H3. The first-order valence-corrected chi connectivity index (χ1v) is 10.8. The quantitative estimate of drug-likeness (QED) is 0.613. The summed E-state index contributed by atoms with van der Waals surface area (Å²) in [7, 11) is -0.943. The predicted octanol–water partition coefficient (Wildman–Crippen LogP) is -0.259. The average Bonchev–Trinajstić information content (AvgIpc) is 3.31. The lowest BCUT2D eigenvalue weighted by Gasteiger charge is -2.25. The second-order valence-corrected chi connectivity index (χ2v) is 8.79. The molecule has 2 aliphatic rings. The number of hydrogen-bond donors (Lipinski definition) is 0. The highest BCUT2D eigenvalue weighted by molar-refractivity contribution is 7.90. The van der Waals surface area contributed by atoms with Crippen molar-refractivity contribution in [3.8, 4) is 0 Å². The van der Waals surface area contributed by atoms with Crippen molar-refractivity contribution in [1.82, 2.24) is 14.0 Å². The van der Waals surface area contributed by atoms with Crippen LogP contribution in [0.5, 0.6) is 0 Å². The fourth-order valence-corrected chi connectivity index (χ4v) is 4.94. The van der Waals surface area contributed by atoms with Crippen LogP contribution >= 0.6 is 0 Å². The summed E-state index contributed by atoms with van der Waals surface area (Å²) in [6.45, 7) is 0.221. The maximum absolute atomic E-state index is 12.8. The van der Waals surface area contributed by atoms with Crippen LogP contribution in [-0.2, 0) is 40.3 Å². The number of ether oxygens (including phenoxy) is 1. The fraction of sp³-hybridized carbons (Fsp3) is 0.368. The third kappa shape index (κ3) is 3.24. The van der Waals surface area contributed by atoms with Crippen molar-refractivity contribution in [2.45, 2.75) is 30.4 Å². The van der Waals surface area contributed by atoms with E-state index in [0.29, 0.717) is 24.9 Å². The van der Waals surface area contributed by atoms with E-state index in [-0.39, 0.29) is 23.0 Å². The molecule has 158 valence electrons. The maximum atomic E-state index is 12.8. The Labute approximate surface area is 172 Å². The van der Waals surface area contributed by atoms with Gasteiger partial charge < -0.3 is 9.64 Å². The van der Waals surface area contributed by atoms with Crippen molar-refractivity contribution in [2.75, 3.05) is 6.54 Å². The zero-order chi connectivity index (χ0) is 21.6. The molecule has 1 saturated heterocycles. The van der Waals surface area contributed by atoms with Crippen molar-refractivity contribution >= 4 is 21.8 Å². The molecule has 1 atom stereocenters. The topological polar surface area (TPSA) is 120 Å². The number of amidine groups is 1. The molecule has 3 heterocycles. The molecule has 1 fully saturated rings. The molecule has 0 radical (unpaired) electrons. The minimum atomic E-state index is -3.80. The van der Waals surface area contributed by atoms with E-state index in [4.69, 9.17) is 4.74 Å². The Morgan fingerprint density at radius 2 is 1.93 bits per heavy atom. The molecule has 30 heavy (non-hydrogen) atoms. The van der Waals surface area contributed by atoms with E-state index in [2.05, 4.69) is 4.40 Å². The van der Waals surface area contributed by atoms with Gasteiger partial charge in [-0.2, -0.15) is 8.42 Å². The van der Waals surface area contributed by atoms with Crippen LogP contribution in [0.2, 0.25) is 0 Å². The van der Waals surface area contributed by atoms with Gasteiger partial charge in [-0.15, -0.1) is 4.40 Å². The SMILES string of the molecule is Cn1c(COC(=O)C2CCCN2C2=NS(=O)(=O)c3ccccc32)cc(=O)n(C)c1=O. The Balaban J connectivity index is 1.56. The number of hydrogen-bond acceptors (Lipinski definition) is 7. The minimum Gasteiger partial charge on any atom is -0.458 e. The Bertz CT molecular complexity index is 1290. The summed E-state index contributed by atoms with van der Waals surface area (Å²) < 4.78 is 36.1. The van der Waals surface area contributed by atoms with E-state index >= 15 is 0 Å². The van der Waals surface area contributed by atoms with Crippen LogP contribution < -0.4 is 11.2 Å². The molecule has 10 nitrogen and oxygen atoms in total. The van der Waals surface area contributed by atoms with E-state index in [0.717, 1.165) is 4.57 Å². The van der Waals surface area contributed by atoms with Gasteiger partial charge in [0.2, 0.25) is 0 Å². The van der Waals surface area contributed by atoms with Crippen molar-refractivity contribution in [3.05, 3.63) is 62.4 Å². The molecule has 0 bridgehead atoms. The molecule has 1 aromatic carbocycles. The second-order valence-electron chi connectivity index (χ2n) is 7.22. The molecule has 0 amide bonds. The van der Waals surface area contributed by atoms with Crippen LogP contribution in [0.15, 0.2) is 49.2 Å².